The number of hydrogen-bond donors (Lipinski definition) is 0. The van der Waals surface area contributed by atoms with Gasteiger partial charge in [0.2, 0.25) is 0 Å². The van der Waals surface area contributed by atoms with Crippen molar-refractivity contribution in [3.63, 3.8) is 0 Å². The van der Waals surface area contributed by atoms with E-state index in [0.717, 1.165) is 103 Å². The summed E-state index contributed by atoms with van der Waals surface area (Å²) in [6.07, 6.45) is 25.3. The minimum atomic E-state index is -0.181. The highest BCUT2D eigenvalue weighted by molar-refractivity contribution is 5.69. The van der Waals surface area contributed by atoms with Crippen molar-refractivity contribution < 1.29 is 38.0 Å². The molecule has 8 heteroatoms. The number of methoxy groups -OCH3 is 1. The van der Waals surface area contributed by atoms with Gasteiger partial charge in [-0.3, -0.25) is 4.79 Å². The number of rotatable bonds is 17. The first-order chi connectivity index (χ1) is 21.2. The highest BCUT2D eigenvalue weighted by Crippen LogP contribution is 2.42. The third-order valence-corrected chi connectivity index (χ3v) is 9.22. The van der Waals surface area contributed by atoms with Crippen molar-refractivity contribution in [3.05, 3.63) is 24.3 Å². The molecule has 3 aliphatic heterocycles. The number of esters is 1. The van der Waals surface area contributed by atoms with E-state index in [0.29, 0.717) is 12.8 Å². The fraction of sp³-hybridized carbons (Fsp3) is 0.857. The minimum absolute atomic E-state index is 0.0105. The van der Waals surface area contributed by atoms with Crippen molar-refractivity contribution in [3.8, 4) is 0 Å². The molecule has 4 rings (SSSR count). The topological polar surface area (TPSA) is 81.7 Å². The van der Waals surface area contributed by atoms with Crippen LogP contribution in [0, 0.1) is 11.8 Å². The van der Waals surface area contributed by atoms with Crippen LogP contribution in [0.3, 0.4) is 0 Å². The molecule has 8 atom stereocenters. The van der Waals surface area contributed by atoms with E-state index >= 15 is 0 Å². The van der Waals surface area contributed by atoms with Gasteiger partial charge in [0.05, 0.1) is 25.4 Å². The molecule has 3 saturated heterocycles. The maximum Gasteiger partial charge on any atom is 0.305 e. The summed E-state index contributed by atoms with van der Waals surface area (Å²) in [6.45, 7) is 4.54. The first-order valence-corrected chi connectivity index (χ1v) is 17.4. The predicted octanol–water partition coefficient (Wildman–Crippen LogP) is 7.39. The number of carbonyl (C=O) groups is 1. The predicted molar refractivity (Wildman–Crippen MR) is 165 cm³/mol. The van der Waals surface area contributed by atoms with Crippen molar-refractivity contribution in [2.75, 3.05) is 26.9 Å². The Morgan fingerprint density at radius 1 is 0.837 bits per heavy atom. The molecule has 3 unspecified atom stereocenters. The third-order valence-electron chi connectivity index (χ3n) is 9.22. The Labute approximate surface area is 260 Å². The van der Waals surface area contributed by atoms with E-state index < -0.39 is 0 Å². The zero-order chi connectivity index (χ0) is 30.1. The fourth-order valence-electron chi connectivity index (χ4n) is 6.73. The third kappa shape index (κ3) is 12.2. The molecule has 0 aromatic carbocycles. The number of unbranched alkanes of at least 4 members (excludes halogenated alkanes) is 2. The van der Waals surface area contributed by atoms with Crippen LogP contribution in [-0.2, 0) is 38.0 Å². The van der Waals surface area contributed by atoms with Gasteiger partial charge in [0.1, 0.15) is 0 Å². The molecular weight excluding hydrogens is 548 g/mol. The van der Waals surface area contributed by atoms with Crippen molar-refractivity contribution in [2.24, 2.45) is 11.8 Å². The Morgan fingerprint density at radius 2 is 1.49 bits per heavy atom. The van der Waals surface area contributed by atoms with Gasteiger partial charge < -0.3 is 33.2 Å². The molecule has 0 radical (unpaired) electrons. The Hall–Kier alpha value is -1.29. The van der Waals surface area contributed by atoms with E-state index in [4.69, 9.17) is 33.2 Å². The summed E-state index contributed by atoms with van der Waals surface area (Å²) >= 11 is 0. The second-order valence-corrected chi connectivity index (χ2v) is 12.6. The van der Waals surface area contributed by atoms with Crippen molar-refractivity contribution in [2.45, 2.75) is 153 Å². The van der Waals surface area contributed by atoms with Gasteiger partial charge in [-0.2, -0.15) is 0 Å². The SMILES string of the molecule is CCCCC[C@@H](C=C[C@@H]1[C@@H](CC=CCCC(=O)OC)[C@@H](OC2CCCCO2)C[C@H]1OC1CCCCO1)OC1CCCCO1. The van der Waals surface area contributed by atoms with E-state index in [1.807, 2.05) is 0 Å². The van der Waals surface area contributed by atoms with Gasteiger partial charge in [-0.25, -0.2) is 0 Å². The van der Waals surface area contributed by atoms with Crippen molar-refractivity contribution in [1.29, 1.82) is 0 Å². The highest BCUT2D eigenvalue weighted by Gasteiger charge is 2.45. The zero-order valence-corrected chi connectivity index (χ0v) is 26.8. The molecule has 1 saturated carbocycles. The molecule has 1 aliphatic carbocycles. The molecule has 4 fully saturated rings. The summed E-state index contributed by atoms with van der Waals surface area (Å²) in [5.41, 5.74) is 0. The van der Waals surface area contributed by atoms with Crippen LogP contribution in [0.5, 0.6) is 0 Å². The summed E-state index contributed by atoms with van der Waals surface area (Å²) in [7, 11) is 1.44. The Kier molecular flexibility index (Phi) is 16.1. The van der Waals surface area contributed by atoms with Gasteiger partial charge in [0, 0.05) is 38.6 Å². The van der Waals surface area contributed by atoms with E-state index in [2.05, 4.69) is 31.2 Å². The molecule has 43 heavy (non-hydrogen) atoms. The van der Waals surface area contributed by atoms with Crippen LogP contribution in [0.2, 0.25) is 0 Å². The Balaban J connectivity index is 1.51. The highest BCUT2D eigenvalue weighted by atomic mass is 16.7. The maximum absolute atomic E-state index is 11.6. The van der Waals surface area contributed by atoms with Gasteiger partial charge >= 0.3 is 5.97 Å². The molecule has 0 amide bonds. The largest absolute Gasteiger partial charge is 0.469 e. The number of hydrogen-bond acceptors (Lipinski definition) is 8. The van der Waals surface area contributed by atoms with Crippen LogP contribution in [0.15, 0.2) is 24.3 Å². The lowest BCUT2D eigenvalue weighted by Gasteiger charge is -2.30. The smallest absolute Gasteiger partial charge is 0.305 e. The minimum Gasteiger partial charge on any atom is -0.469 e. The maximum atomic E-state index is 11.6. The van der Waals surface area contributed by atoms with Crippen LogP contribution in [0.4, 0.5) is 0 Å². The molecule has 4 aliphatic rings. The molecule has 8 nitrogen and oxygen atoms in total. The van der Waals surface area contributed by atoms with Gasteiger partial charge in [-0.15, -0.1) is 0 Å². The lowest BCUT2D eigenvalue weighted by Crippen LogP contribution is -2.31. The molecule has 3 heterocycles. The number of ether oxygens (including phenoxy) is 7. The zero-order valence-electron chi connectivity index (χ0n) is 26.8. The van der Waals surface area contributed by atoms with Crippen LogP contribution in [0.1, 0.15) is 116 Å². The summed E-state index contributed by atoms with van der Waals surface area (Å²) < 4.78 is 42.8. The molecule has 246 valence electrons. The Bertz CT molecular complexity index is 813. The van der Waals surface area contributed by atoms with Gasteiger partial charge in [-0.1, -0.05) is 50.5 Å². The molecule has 0 bridgehead atoms. The van der Waals surface area contributed by atoms with E-state index in [-0.39, 0.29) is 55.0 Å². The number of carbonyl (C=O) groups excluding carboxylic acids is 1. The fourth-order valence-corrected chi connectivity index (χ4v) is 6.73. The first kappa shape index (κ1) is 34.6. The second kappa shape index (κ2) is 20.0. The standard InChI is InChI=1S/C35H58O8/c1-3-4-6-15-27(41-33-18-9-12-23-38-33)21-22-29-28(16-7-5-8-17-32(36)37-2)30(42-34-19-10-13-24-39-34)26-31(29)43-35-20-11-14-25-40-35/h5,7,21-22,27-31,33-35H,3-4,6,8-20,23-26H2,1-2H3/t27-,28+,29+,30-,31+,33?,34?,35?/m0/s1. The molecule has 0 spiro atoms. The van der Waals surface area contributed by atoms with E-state index in [1.54, 1.807) is 0 Å². The Morgan fingerprint density at radius 3 is 2.09 bits per heavy atom. The van der Waals surface area contributed by atoms with Gasteiger partial charge in [0.25, 0.3) is 0 Å². The van der Waals surface area contributed by atoms with Gasteiger partial charge in [0.15, 0.2) is 18.9 Å². The summed E-state index contributed by atoms with van der Waals surface area (Å²) in [5, 5.41) is 0. The summed E-state index contributed by atoms with van der Waals surface area (Å²) in [5.74, 6) is 0.180. The van der Waals surface area contributed by atoms with Crippen LogP contribution in [-0.4, -0.2) is 70.1 Å². The van der Waals surface area contributed by atoms with Crippen LogP contribution in [0.25, 0.3) is 0 Å². The van der Waals surface area contributed by atoms with Crippen molar-refractivity contribution in [1.82, 2.24) is 0 Å². The number of allylic oxidation sites excluding steroid dienone is 2. The van der Waals surface area contributed by atoms with Crippen LogP contribution >= 0.6 is 0 Å². The first-order valence-electron chi connectivity index (χ1n) is 17.4. The lowest BCUT2D eigenvalue weighted by molar-refractivity contribution is -0.203. The van der Waals surface area contributed by atoms with Crippen molar-refractivity contribution >= 4 is 5.97 Å². The molecule has 0 N–H and O–H groups in total. The second-order valence-electron chi connectivity index (χ2n) is 12.6. The average Bonchev–Trinajstić information content (AvgIpc) is 3.35. The molecular formula is C35H58O8. The molecule has 0 aromatic heterocycles. The monoisotopic (exact) mass is 606 g/mol. The van der Waals surface area contributed by atoms with E-state index in [9.17, 15) is 4.79 Å². The van der Waals surface area contributed by atoms with Crippen LogP contribution < -0.4 is 0 Å². The van der Waals surface area contributed by atoms with Gasteiger partial charge in [-0.05, 0) is 83.0 Å². The normalized spacial score (nSPS) is 32.8. The summed E-state index contributed by atoms with van der Waals surface area (Å²) in [4.78, 5) is 11.6. The summed E-state index contributed by atoms with van der Waals surface area (Å²) in [6, 6.07) is 0. The quantitative estimate of drug-likeness (QED) is 0.0963. The lowest BCUT2D eigenvalue weighted by atomic mass is 9.89. The average molecular weight is 607 g/mol. The molecule has 0 aromatic rings. The van der Waals surface area contributed by atoms with E-state index in [1.165, 1.54) is 20.0 Å².